The Morgan fingerprint density at radius 2 is 1.23 bits per heavy atom. The Labute approximate surface area is 243 Å². The van der Waals surface area contributed by atoms with Gasteiger partial charge in [-0.25, -0.2) is 14.5 Å². The van der Waals surface area contributed by atoms with Crippen LogP contribution in [0.4, 0.5) is 0 Å². The van der Waals surface area contributed by atoms with Gasteiger partial charge in [-0.2, -0.15) is 0 Å². The number of ether oxygens (including phenoxy) is 4. The van der Waals surface area contributed by atoms with Crippen molar-refractivity contribution in [1.29, 1.82) is 0 Å². The highest BCUT2D eigenvalue weighted by Gasteiger charge is 2.13. The average molecular weight is 562 g/mol. The molecular weight excluding hydrogens is 504 g/mol. The quantitative estimate of drug-likeness (QED) is 0.0864. The lowest BCUT2D eigenvalue weighted by molar-refractivity contribution is -0.697. The van der Waals surface area contributed by atoms with Crippen molar-refractivity contribution >= 4 is 0 Å². The van der Waals surface area contributed by atoms with Crippen molar-refractivity contribution in [3.8, 4) is 6.01 Å². The number of hydrogen-bond donors (Lipinski definition) is 1. The lowest BCUT2D eigenvalue weighted by atomic mass is 10.0. The molecule has 2 rings (SSSR count). The number of nitrogens with one attached hydrogen (secondary N) is 1. The van der Waals surface area contributed by atoms with Crippen LogP contribution in [0.2, 0.25) is 0 Å². The molecule has 1 unspecified atom stereocenters. The molecule has 0 radical (unpaired) electrons. The fourth-order valence-electron chi connectivity index (χ4n) is 4.64. The molecule has 0 spiro atoms. The number of aromatic nitrogens is 4. The number of imidazole rings is 1. The van der Waals surface area contributed by atoms with Gasteiger partial charge < -0.3 is 18.9 Å². The molecule has 8 heteroatoms. The topological polar surface area (TPSA) is 82.4 Å². The van der Waals surface area contributed by atoms with Crippen LogP contribution in [0.15, 0.2) is 37.2 Å². The second-order valence-corrected chi connectivity index (χ2v) is 10.7. The number of aromatic amines is 1. The molecule has 0 aliphatic rings. The first-order valence-corrected chi connectivity index (χ1v) is 16.1. The molecule has 2 heterocycles. The molecule has 0 fully saturated rings. The van der Waals surface area contributed by atoms with Gasteiger partial charge in [0.25, 0.3) is 0 Å². The van der Waals surface area contributed by atoms with Crippen LogP contribution in [0, 0.1) is 0 Å². The standard InChI is InChI=1S/C32H56N4O4/c1-2-3-4-5-6-7-8-9-10-11-12-13-14-15-16-17-24-38-28-31(40-32-34-19-18-20-35-32)29-39-27-26-37-25-23-36-22-21-33-30-36/h18-22,30-31H,2-17,23-29H2,1H3/p+1. The Bertz CT molecular complexity index is 764. The molecule has 0 bridgehead atoms. The summed E-state index contributed by atoms with van der Waals surface area (Å²) in [5, 5.41) is 0. The summed E-state index contributed by atoms with van der Waals surface area (Å²) >= 11 is 0. The fraction of sp³-hybridized carbons (Fsp3) is 0.781. The molecular formula is C32H57N4O4+. The predicted octanol–water partition coefficient (Wildman–Crippen LogP) is 6.85. The van der Waals surface area contributed by atoms with E-state index in [0.29, 0.717) is 39.0 Å². The van der Waals surface area contributed by atoms with E-state index in [1.165, 1.54) is 96.3 Å². The van der Waals surface area contributed by atoms with Crippen molar-refractivity contribution in [1.82, 2.24) is 15.0 Å². The van der Waals surface area contributed by atoms with Crippen molar-refractivity contribution in [3.63, 3.8) is 0 Å². The first kappa shape index (κ1) is 34.2. The zero-order valence-corrected chi connectivity index (χ0v) is 25.3. The van der Waals surface area contributed by atoms with E-state index in [0.717, 1.165) is 19.6 Å². The van der Waals surface area contributed by atoms with E-state index in [1.54, 1.807) is 18.5 Å². The molecule has 0 saturated carbocycles. The van der Waals surface area contributed by atoms with Crippen molar-refractivity contribution in [2.45, 2.75) is 122 Å². The molecule has 2 aromatic heterocycles. The maximum atomic E-state index is 5.93. The number of H-pyrrole nitrogens is 1. The van der Waals surface area contributed by atoms with Crippen molar-refractivity contribution in [2.24, 2.45) is 0 Å². The number of unbranched alkanes of at least 4 members (excludes halogenated alkanes) is 15. The lowest BCUT2D eigenvalue weighted by Crippen LogP contribution is -2.33. The summed E-state index contributed by atoms with van der Waals surface area (Å²) in [5.41, 5.74) is 0. The molecule has 0 amide bonds. The molecule has 2 aromatic rings. The average Bonchev–Trinajstić information content (AvgIpc) is 3.50. The Hall–Kier alpha value is -2.03. The summed E-state index contributed by atoms with van der Waals surface area (Å²) < 4.78 is 25.3. The molecule has 40 heavy (non-hydrogen) atoms. The zero-order valence-electron chi connectivity index (χ0n) is 25.3. The van der Waals surface area contributed by atoms with Crippen LogP contribution in [-0.2, 0) is 20.8 Å². The van der Waals surface area contributed by atoms with Gasteiger partial charge in [-0.1, -0.05) is 103 Å². The summed E-state index contributed by atoms with van der Waals surface area (Å²) in [7, 11) is 0. The highest BCUT2D eigenvalue weighted by molar-refractivity contribution is 4.94. The van der Waals surface area contributed by atoms with E-state index in [2.05, 4.69) is 21.9 Å². The maximum Gasteiger partial charge on any atom is 0.316 e. The van der Waals surface area contributed by atoms with Crippen LogP contribution in [0.3, 0.4) is 0 Å². The monoisotopic (exact) mass is 561 g/mol. The molecule has 0 aliphatic heterocycles. The zero-order chi connectivity index (χ0) is 28.2. The Balaban J connectivity index is 1.41. The largest absolute Gasteiger partial charge is 0.455 e. The summed E-state index contributed by atoms with van der Waals surface area (Å²) in [5.74, 6) is 0. The Morgan fingerprint density at radius 3 is 1.80 bits per heavy atom. The number of rotatable bonds is 29. The van der Waals surface area contributed by atoms with Gasteiger partial charge >= 0.3 is 6.01 Å². The van der Waals surface area contributed by atoms with Crippen molar-refractivity contribution < 1.29 is 23.5 Å². The van der Waals surface area contributed by atoms with E-state index >= 15 is 0 Å². The Morgan fingerprint density at radius 1 is 0.675 bits per heavy atom. The van der Waals surface area contributed by atoms with Gasteiger partial charge in [-0.3, -0.25) is 4.98 Å². The van der Waals surface area contributed by atoms with Crippen LogP contribution in [0.5, 0.6) is 6.01 Å². The van der Waals surface area contributed by atoms with Crippen molar-refractivity contribution in [2.75, 3.05) is 39.6 Å². The second kappa shape index (κ2) is 25.9. The highest BCUT2D eigenvalue weighted by Crippen LogP contribution is 2.14. The van der Waals surface area contributed by atoms with Gasteiger partial charge in [0.1, 0.15) is 25.0 Å². The van der Waals surface area contributed by atoms with E-state index in [-0.39, 0.29) is 6.10 Å². The molecule has 1 atom stereocenters. The first-order valence-electron chi connectivity index (χ1n) is 16.1. The van der Waals surface area contributed by atoms with Gasteiger partial charge in [0.15, 0.2) is 0 Å². The van der Waals surface area contributed by atoms with Gasteiger partial charge in [0, 0.05) is 19.0 Å². The molecule has 1 N–H and O–H groups in total. The summed E-state index contributed by atoms with van der Waals surface area (Å²) in [4.78, 5) is 11.4. The molecule has 0 aliphatic carbocycles. The molecule has 0 saturated heterocycles. The smallest absolute Gasteiger partial charge is 0.316 e. The fourth-order valence-corrected chi connectivity index (χ4v) is 4.64. The van der Waals surface area contributed by atoms with Gasteiger partial charge in [0.2, 0.25) is 6.33 Å². The minimum Gasteiger partial charge on any atom is -0.455 e. The number of nitrogens with zero attached hydrogens (tertiary/aromatic N) is 3. The lowest BCUT2D eigenvalue weighted by Gasteiger charge is -2.18. The first-order chi connectivity index (χ1) is 19.9. The predicted molar refractivity (Wildman–Crippen MR) is 159 cm³/mol. The number of hydrogen-bond acceptors (Lipinski definition) is 6. The van der Waals surface area contributed by atoms with E-state index < -0.39 is 0 Å². The van der Waals surface area contributed by atoms with Crippen LogP contribution in [-0.4, -0.2) is 60.7 Å². The summed E-state index contributed by atoms with van der Waals surface area (Å²) in [6.45, 7) is 6.41. The summed E-state index contributed by atoms with van der Waals surface area (Å²) in [6.07, 6.45) is 30.8. The minimum absolute atomic E-state index is 0.251. The SMILES string of the molecule is CCCCCCCCCCCCCCCCCCOCC(COCCOCC[n+]1cc[nH]c1)Oc1ncccn1. The van der Waals surface area contributed by atoms with Crippen LogP contribution < -0.4 is 9.30 Å². The Kier molecular flexibility index (Phi) is 22.1. The summed E-state index contributed by atoms with van der Waals surface area (Å²) in [6, 6.07) is 2.12. The van der Waals surface area contributed by atoms with Gasteiger partial charge in [-0.05, 0) is 12.5 Å². The normalized spacial score (nSPS) is 12.1. The maximum absolute atomic E-state index is 5.93. The molecule has 0 aromatic carbocycles. The van der Waals surface area contributed by atoms with Crippen molar-refractivity contribution in [3.05, 3.63) is 37.2 Å². The molecule has 8 nitrogen and oxygen atoms in total. The van der Waals surface area contributed by atoms with E-state index in [9.17, 15) is 0 Å². The van der Waals surface area contributed by atoms with Crippen LogP contribution >= 0.6 is 0 Å². The van der Waals surface area contributed by atoms with Crippen LogP contribution in [0.1, 0.15) is 110 Å². The minimum atomic E-state index is -0.251. The van der Waals surface area contributed by atoms with Gasteiger partial charge in [-0.15, -0.1) is 0 Å². The third-order valence-electron chi connectivity index (χ3n) is 7.03. The van der Waals surface area contributed by atoms with Gasteiger partial charge in [0.05, 0.1) is 33.0 Å². The molecule has 228 valence electrons. The third-order valence-corrected chi connectivity index (χ3v) is 7.03. The van der Waals surface area contributed by atoms with E-state index in [4.69, 9.17) is 18.9 Å². The highest BCUT2D eigenvalue weighted by atomic mass is 16.6. The van der Waals surface area contributed by atoms with Crippen LogP contribution in [0.25, 0.3) is 0 Å². The van der Waals surface area contributed by atoms with E-state index in [1.807, 2.05) is 23.3 Å². The second-order valence-electron chi connectivity index (χ2n) is 10.7. The third kappa shape index (κ3) is 19.9.